The molecule has 0 saturated heterocycles. The molecule has 0 aromatic heterocycles. The summed E-state index contributed by atoms with van der Waals surface area (Å²) < 4.78 is 0. The SMILES string of the molecule is O=C1CC(O)C(CCC(O)C=CCCc2ccccc2)C1. The van der Waals surface area contributed by atoms with Crippen molar-refractivity contribution in [3.05, 3.63) is 48.0 Å². The highest BCUT2D eigenvalue weighted by atomic mass is 16.3. The van der Waals surface area contributed by atoms with Gasteiger partial charge in [0.15, 0.2) is 0 Å². The topological polar surface area (TPSA) is 57.5 Å². The zero-order valence-electron chi connectivity index (χ0n) is 12.3. The molecule has 0 amide bonds. The van der Waals surface area contributed by atoms with Crippen molar-refractivity contribution in [3.8, 4) is 0 Å². The van der Waals surface area contributed by atoms with Gasteiger partial charge in [-0.3, -0.25) is 4.79 Å². The van der Waals surface area contributed by atoms with Crippen molar-refractivity contribution in [2.24, 2.45) is 5.92 Å². The molecule has 1 aromatic carbocycles. The van der Waals surface area contributed by atoms with Crippen molar-refractivity contribution in [2.75, 3.05) is 0 Å². The minimum atomic E-state index is -0.508. The summed E-state index contributed by atoms with van der Waals surface area (Å²) in [5, 5.41) is 19.6. The Labute approximate surface area is 126 Å². The zero-order chi connectivity index (χ0) is 15.1. The highest BCUT2D eigenvalue weighted by molar-refractivity contribution is 5.81. The fourth-order valence-electron chi connectivity index (χ4n) is 2.84. The fraction of sp³-hybridized carbons (Fsp3) is 0.500. The molecule has 1 aromatic rings. The van der Waals surface area contributed by atoms with E-state index in [1.54, 1.807) is 0 Å². The standard InChI is InChI=1S/C18H24O3/c19-16(11-10-15-12-17(20)13-18(15)21)9-5-4-8-14-6-2-1-3-7-14/h1-3,5-7,9,15-16,18-19,21H,4,8,10-13H2. The molecule has 1 fully saturated rings. The first-order chi connectivity index (χ1) is 10.1. The number of carbonyl (C=O) groups excluding carboxylic acids is 1. The fourth-order valence-corrected chi connectivity index (χ4v) is 2.84. The van der Waals surface area contributed by atoms with Gasteiger partial charge >= 0.3 is 0 Å². The van der Waals surface area contributed by atoms with Crippen LogP contribution in [0.5, 0.6) is 0 Å². The minimum Gasteiger partial charge on any atom is -0.392 e. The second kappa shape index (κ2) is 8.11. The summed E-state index contributed by atoms with van der Waals surface area (Å²) >= 11 is 0. The van der Waals surface area contributed by atoms with Gasteiger partial charge in [0.2, 0.25) is 0 Å². The van der Waals surface area contributed by atoms with Gasteiger partial charge < -0.3 is 10.2 Å². The van der Waals surface area contributed by atoms with Gasteiger partial charge in [0, 0.05) is 12.8 Å². The first kappa shape index (κ1) is 15.9. The first-order valence-electron chi connectivity index (χ1n) is 7.73. The van der Waals surface area contributed by atoms with Gasteiger partial charge in [0.05, 0.1) is 12.2 Å². The van der Waals surface area contributed by atoms with Gasteiger partial charge in [-0.15, -0.1) is 0 Å². The van der Waals surface area contributed by atoms with E-state index in [2.05, 4.69) is 12.1 Å². The van der Waals surface area contributed by atoms with Crippen LogP contribution in [0.2, 0.25) is 0 Å². The maximum Gasteiger partial charge on any atom is 0.135 e. The predicted octanol–water partition coefficient (Wildman–Crippen LogP) is 2.66. The number of carbonyl (C=O) groups is 1. The van der Waals surface area contributed by atoms with E-state index in [-0.39, 0.29) is 18.1 Å². The predicted molar refractivity (Wildman–Crippen MR) is 82.9 cm³/mol. The molecule has 1 saturated carbocycles. The summed E-state index contributed by atoms with van der Waals surface area (Å²) in [5.74, 6) is 0.172. The third kappa shape index (κ3) is 5.44. The Bertz CT molecular complexity index is 467. The van der Waals surface area contributed by atoms with Crippen LogP contribution in [0, 0.1) is 5.92 Å². The molecular weight excluding hydrogens is 264 g/mol. The van der Waals surface area contributed by atoms with Gasteiger partial charge in [0.1, 0.15) is 5.78 Å². The molecule has 114 valence electrons. The van der Waals surface area contributed by atoms with Crippen LogP contribution in [0.1, 0.15) is 37.7 Å². The second-order valence-electron chi connectivity index (χ2n) is 5.87. The lowest BCUT2D eigenvalue weighted by Crippen LogP contribution is -2.15. The van der Waals surface area contributed by atoms with E-state index in [1.165, 1.54) is 5.56 Å². The van der Waals surface area contributed by atoms with Crippen LogP contribution in [-0.4, -0.2) is 28.2 Å². The zero-order valence-corrected chi connectivity index (χ0v) is 12.3. The van der Waals surface area contributed by atoms with Crippen molar-refractivity contribution >= 4 is 5.78 Å². The molecule has 2 N–H and O–H groups in total. The molecular formula is C18H24O3. The second-order valence-corrected chi connectivity index (χ2v) is 5.87. The van der Waals surface area contributed by atoms with Crippen LogP contribution in [0.4, 0.5) is 0 Å². The maximum atomic E-state index is 11.2. The number of benzene rings is 1. The molecule has 2 rings (SSSR count). The molecule has 0 spiro atoms. The highest BCUT2D eigenvalue weighted by Crippen LogP contribution is 2.27. The van der Waals surface area contributed by atoms with E-state index < -0.39 is 12.2 Å². The average Bonchev–Trinajstić information content (AvgIpc) is 2.80. The van der Waals surface area contributed by atoms with Crippen LogP contribution in [0.3, 0.4) is 0 Å². The van der Waals surface area contributed by atoms with E-state index in [0.717, 1.165) is 12.8 Å². The number of aryl methyl sites for hydroxylation is 1. The molecule has 3 atom stereocenters. The molecule has 21 heavy (non-hydrogen) atoms. The van der Waals surface area contributed by atoms with Crippen molar-refractivity contribution in [1.29, 1.82) is 0 Å². The summed E-state index contributed by atoms with van der Waals surface area (Å²) in [7, 11) is 0. The Hall–Kier alpha value is -1.45. The van der Waals surface area contributed by atoms with Gasteiger partial charge in [-0.1, -0.05) is 42.5 Å². The lowest BCUT2D eigenvalue weighted by Gasteiger charge is -2.14. The smallest absolute Gasteiger partial charge is 0.135 e. The normalized spacial score (nSPS) is 23.8. The van der Waals surface area contributed by atoms with Crippen LogP contribution in [0.25, 0.3) is 0 Å². The van der Waals surface area contributed by atoms with E-state index in [0.29, 0.717) is 19.3 Å². The summed E-state index contributed by atoms with van der Waals surface area (Å²) in [6.07, 6.45) is 6.79. The highest BCUT2D eigenvalue weighted by Gasteiger charge is 2.31. The number of rotatable bonds is 7. The lowest BCUT2D eigenvalue weighted by atomic mass is 9.97. The van der Waals surface area contributed by atoms with Crippen LogP contribution in [0.15, 0.2) is 42.5 Å². The Balaban J connectivity index is 1.64. The monoisotopic (exact) mass is 288 g/mol. The van der Waals surface area contributed by atoms with Crippen molar-refractivity contribution in [3.63, 3.8) is 0 Å². The molecule has 3 heteroatoms. The van der Waals surface area contributed by atoms with E-state index in [4.69, 9.17) is 0 Å². The van der Waals surface area contributed by atoms with Crippen LogP contribution >= 0.6 is 0 Å². The number of hydrogen-bond donors (Lipinski definition) is 2. The van der Waals surface area contributed by atoms with Gasteiger partial charge in [-0.05, 0) is 37.2 Å². The van der Waals surface area contributed by atoms with Crippen molar-refractivity contribution in [2.45, 2.75) is 50.7 Å². The molecule has 1 aliphatic rings. The third-order valence-corrected chi connectivity index (χ3v) is 4.10. The van der Waals surface area contributed by atoms with E-state index in [1.807, 2.05) is 30.4 Å². The summed E-state index contributed by atoms with van der Waals surface area (Å²) in [6.45, 7) is 0. The number of allylic oxidation sites excluding steroid dienone is 1. The van der Waals surface area contributed by atoms with Crippen LogP contribution in [-0.2, 0) is 11.2 Å². The maximum absolute atomic E-state index is 11.2. The number of aliphatic hydroxyl groups is 2. The molecule has 3 unspecified atom stereocenters. The molecule has 0 heterocycles. The third-order valence-electron chi connectivity index (χ3n) is 4.10. The molecule has 0 aliphatic heterocycles. The van der Waals surface area contributed by atoms with Crippen LogP contribution < -0.4 is 0 Å². The summed E-state index contributed by atoms with van der Waals surface area (Å²) in [6, 6.07) is 10.3. The van der Waals surface area contributed by atoms with Crippen molar-refractivity contribution < 1.29 is 15.0 Å². The summed E-state index contributed by atoms with van der Waals surface area (Å²) in [5.41, 5.74) is 1.30. The molecule has 3 nitrogen and oxygen atoms in total. The van der Waals surface area contributed by atoms with Crippen molar-refractivity contribution in [1.82, 2.24) is 0 Å². The van der Waals surface area contributed by atoms with Gasteiger partial charge in [-0.2, -0.15) is 0 Å². The Morgan fingerprint density at radius 1 is 1.24 bits per heavy atom. The summed E-state index contributed by atoms with van der Waals surface area (Å²) in [4.78, 5) is 11.2. The molecule has 0 radical (unpaired) electrons. The molecule has 1 aliphatic carbocycles. The number of ketones is 1. The minimum absolute atomic E-state index is 0.0323. The first-order valence-corrected chi connectivity index (χ1v) is 7.73. The largest absolute Gasteiger partial charge is 0.392 e. The average molecular weight is 288 g/mol. The van der Waals surface area contributed by atoms with E-state index >= 15 is 0 Å². The van der Waals surface area contributed by atoms with Gasteiger partial charge in [-0.25, -0.2) is 0 Å². The number of hydrogen-bond acceptors (Lipinski definition) is 3. The lowest BCUT2D eigenvalue weighted by molar-refractivity contribution is -0.117. The number of aliphatic hydroxyl groups excluding tert-OH is 2. The van der Waals surface area contributed by atoms with Gasteiger partial charge in [0.25, 0.3) is 0 Å². The number of Topliss-reactive ketones (excluding diaryl/α,β-unsaturated/α-hetero) is 1. The Kier molecular flexibility index (Phi) is 6.15. The van der Waals surface area contributed by atoms with E-state index in [9.17, 15) is 15.0 Å². The quantitative estimate of drug-likeness (QED) is 0.758. The Morgan fingerprint density at radius 2 is 2.00 bits per heavy atom. The Morgan fingerprint density at radius 3 is 2.67 bits per heavy atom. The molecule has 0 bridgehead atoms.